The third-order valence-corrected chi connectivity index (χ3v) is 7.52. The van der Waals surface area contributed by atoms with Gasteiger partial charge in [-0.2, -0.15) is 0 Å². The number of aromatic nitrogens is 1. The van der Waals surface area contributed by atoms with Gasteiger partial charge in [-0.05, 0) is 98.5 Å². The zero-order valence-electron chi connectivity index (χ0n) is 19.7. The Labute approximate surface area is 200 Å². The van der Waals surface area contributed by atoms with E-state index >= 15 is 0 Å². The predicted octanol–water partition coefficient (Wildman–Crippen LogP) is 5.30. The van der Waals surface area contributed by atoms with Crippen LogP contribution in [0, 0.1) is 11.7 Å². The lowest BCUT2D eigenvalue weighted by atomic mass is 9.75. The second-order valence-electron chi connectivity index (χ2n) is 9.58. The number of anilines is 1. The average molecular weight is 462 g/mol. The molecule has 1 aromatic heterocycles. The van der Waals surface area contributed by atoms with E-state index in [1.54, 1.807) is 12.1 Å². The molecule has 0 radical (unpaired) electrons. The molecule has 0 spiro atoms. The Bertz CT molecular complexity index is 1140. The summed E-state index contributed by atoms with van der Waals surface area (Å²) in [5, 5.41) is 4.15. The molecule has 1 amide bonds. The number of carbonyl (C=O) groups excluding carboxylic acids is 1. The first-order valence-electron chi connectivity index (χ1n) is 12.4. The highest BCUT2D eigenvalue weighted by Gasteiger charge is 2.28. The molecular formula is C28H32FN3O2. The molecule has 5 rings (SSSR count). The van der Waals surface area contributed by atoms with E-state index in [-0.39, 0.29) is 17.8 Å². The maximum atomic E-state index is 13.9. The summed E-state index contributed by atoms with van der Waals surface area (Å²) >= 11 is 0. The Kier molecular flexibility index (Phi) is 6.77. The number of benzene rings is 2. The summed E-state index contributed by atoms with van der Waals surface area (Å²) in [6.45, 7) is 5.37. The molecular weight excluding hydrogens is 429 g/mol. The molecule has 1 saturated heterocycles. The third kappa shape index (κ3) is 4.92. The molecule has 1 saturated carbocycles. The van der Waals surface area contributed by atoms with Crippen molar-refractivity contribution in [3.05, 3.63) is 71.7 Å². The van der Waals surface area contributed by atoms with Crippen LogP contribution in [-0.2, 0) is 4.74 Å². The molecule has 2 aliphatic rings. The molecule has 2 aromatic carbocycles. The van der Waals surface area contributed by atoms with Gasteiger partial charge in [-0.3, -0.25) is 9.78 Å². The lowest BCUT2D eigenvalue weighted by Crippen LogP contribution is -2.39. The van der Waals surface area contributed by atoms with Crippen LogP contribution in [0.2, 0.25) is 0 Å². The molecule has 1 N–H and O–H groups in total. The van der Waals surface area contributed by atoms with E-state index < -0.39 is 0 Å². The first-order chi connectivity index (χ1) is 16.6. The molecule has 3 aromatic rings. The van der Waals surface area contributed by atoms with Crippen LogP contribution in [0.5, 0.6) is 0 Å². The first kappa shape index (κ1) is 22.8. The van der Waals surface area contributed by atoms with E-state index in [1.807, 2.05) is 36.5 Å². The second-order valence-corrected chi connectivity index (χ2v) is 9.58. The van der Waals surface area contributed by atoms with Crippen molar-refractivity contribution >= 4 is 22.5 Å². The molecule has 2 fully saturated rings. The lowest BCUT2D eigenvalue weighted by molar-refractivity contribution is 0.0917. The Hall–Kier alpha value is -2.99. The minimum atomic E-state index is -0.218. The van der Waals surface area contributed by atoms with E-state index in [9.17, 15) is 9.18 Å². The standard InChI is InChI=1S/C28H32FN3O2/c1-19(31-28(33)22-6-9-24(10-7-22)32-14-16-34-17-15-32)20-2-4-21(5-3-20)25-12-13-30-27-11-8-23(29)18-26(25)27/h6-13,18-21H,2-5,14-17H2,1H3,(H,31,33)/t19-,20-,21-/m1/s1. The highest BCUT2D eigenvalue weighted by atomic mass is 19.1. The van der Waals surface area contributed by atoms with Gasteiger partial charge in [-0.25, -0.2) is 4.39 Å². The molecule has 1 aliphatic heterocycles. The summed E-state index contributed by atoms with van der Waals surface area (Å²) in [6.07, 6.45) is 5.99. The molecule has 178 valence electrons. The van der Waals surface area contributed by atoms with E-state index in [1.165, 1.54) is 11.6 Å². The molecule has 0 bridgehead atoms. The number of nitrogens with zero attached hydrogens (tertiary/aromatic N) is 2. The number of hydrogen-bond donors (Lipinski definition) is 1. The fourth-order valence-electron chi connectivity index (χ4n) is 5.48. The Morgan fingerprint density at radius 1 is 1.06 bits per heavy atom. The van der Waals surface area contributed by atoms with Crippen LogP contribution < -0.4 is 10.2 Å². The first-order valence-corrected chi connectivity index (χ1v) is 12.4. The fraction of sp³-hybridized carbons (Fsp3) is 0.429. The second kappa shape index (κ2) is 10.1. The molecule has 1 aliphatic carbocycles. The molecule has 1 atom stereocenters. The minimum absolute atomic E-state index is 0.0150. The molecule has 6 heteroatoms. The number of fused-ring (bicyclic) bond motifs is 1. The summed E-state index contributed by atoms with van der Waals surface area (Å²) in [5.74, 6) is 0.611. The van der Waals surface area contributed by atoms with Crippen LogP contribution in [-0.4, -0.2) is 43.2 Å². The van der Waals surface area contributed by atoms with E-state index in [4.69, 9.17) is 4.74 Å². The van der Waals surface area contributed by atoms with Gasteiger partial charge in [0.2, 0.25) is 0 Å². The largest absolute Gasteiger partial charge is 0.378 e. The number of nitrogens with one attached hydrogen (secondary N) is 1. The van der Waals surface area contributed by atoms with Gasteiger partial charge in [0.15, 0.2) is 0 Å². The summed E-state index contributed by atoms with van der Waals surface area (Å²) in [4.78, 5) is 19.5. The molecule has 2 heterocycles. The SMILES string of the molecule is C[C@@H](NC(=O)c1ccc(N2CCOCC2)cc1)[C@H]1CC[C@H](c2ccnc3ccc(F)cc32)CC1. The van der Waals surface area contributed by atoms with Gasteiger partial charge in [0, 0.05) is 42.0 Å². The smallest absolute Gasteiger partial charge is 0.251 e. The van der Waals surface area contributed by atoms with Crippen molar-refractivity contribution in [3.8, 4) is 0 Å². The van der Waals surface area contributed by atoms with Crippen molar-refractivity contribution in [1.29, 1.82) is 0 Å². The molecule has 5 nitrogen and oxygen atoms in total. The van der Waals surface area contributed by atoms with Gasteiger partial charge in [0.25, 0.3) is 5.91 Å². The Morgan fingerprint density at radius 2 is 1.79 bits per heavy atom. The van der Waals surface area contributed by atoms with Gasteiger partial charge < -0.3 is 15.0 Å². The zero-order valence-corrected chi connectivity index (χ0v) is 19.7. The van der Waals surface area contributed by atoms with Crippen LogP contribution in [0.3, 0.4) is 0 Å². The molecule has 34 heavy (non-hydrogen) atoms. The minimum Gasteiger partial charge on any atom is -0.378 e. The van der Waals surface area contributed by atoms with Crippen molar-refractivity contribution in [2.24, 2.45) is 5.92 Å². The summed E-state index contributed by atoms with van der Waals surface area (Å²) in [5.41, 5.74) is 3.87. The number of amides is 1. The average Bonchev–Trinajstić information content (AvgIpc) is 2.89. The number of carbonyl (C=O) groups is 1. The topological polar surface area (TPSA) is 54.5 Å². The number of ether oxygens (including phenoxy) is 1. The summed E-state index contributed by atoms with van der Waals surface area (Å²) in [6, 6.07) is 14.9. The van der Waals surface area contributed by atoms with Gasteiger partial charge in [-0.15, -0.1) is 0 Å². The van der Waals surface area contributed by atoms with Crippen molar-refractivity contribution in [3.63, 3.8) is 0 Å². The van der Waals surface area contributed by atoms with Crippen molar-refractivity contribution in [2.75, 3.05) is 31.2 Å². The third-order valence-electron chi connectivity index (χ3n) is 7.52. The monoisotopic (exact) mass is 461 g/mol. The van der Waals surface area contributed by atoms with Gasteiger partial charge in [0.05, 0.1) is 18.7 Å². The number of rotatable bonds is 5. The lowest BCUT2D eigenvalue weighted by Gasteiger charge is -2.33. The van der Waals surface area contributed by atoms with Gasteiger partial charge in [-0.1, -0.05) is 0 Å². The summed E-state index contributed by atoms with van der Waals surface area (Å²) < 4.78 is 19.3. The number of morpholine rings is 1. The summed E-state index contributed by atoms with van der Waals surface area (Å²) in [7, 11) is 0. The van der Waals surface area contributed by atoms with Crippen LogP contribution in [0.25, 0.3) is 10.9 Å². The van der Waals surface area contributed by atoms with Crippen LogP contribution in [0.4, 0.5) is 10.1 Å². The van der Waals surface area contributed by atoms with Crippen molar-refractivity contribution in [2.45, 2.75) is 44.6 Å². The highest BCUT2D eigenvalue weighted by molar-refractivity contribution is 5.94. The number of pyridine rings is 1. The molecule has 0 unspecified atom stereocenters. The number of halogens is 1. The predicted molar refractivity (Wildman–Crippen MR) is 133 cm³/mol. The maximum absolute atomic E-state index is 13.9. The normalized spacial score (nSPS) is 21.9. The van der Waals surface area contributed by atoms with Gasteiger partial charge >= 0.3 is 0 Å². The van der Waals surface area contributed by atoms with E-state index in [2.05, 4.69) is 22.1 Å². The fourth-order valence-corrected chi connectivity index (χ4v) is 5.48. The maximum Gasteiger partial charge on any atom is 0.251 e. The van der Waals surface area contributed by atoms with Crippen molar-refractivity contribution < 1.29 is 13.9 Å². The highest BCUT2D eigenvalue weighted by Crippen LogP contribution is 2.39. The van der Waals surface area contributed by atoms with Gasteiger partial charge in [0.1, 0.15) is 5.82 Å². The number of hydrogen-bond acceptors (Lipinski definition) is 4. The van der Waals surface area contributed by atoms with Crippen LogP contribution >= 0.6 is 0 Å². The van der Waals surface area contributed by atoms with Crippen LogP contribution in [0.1, 0.15) is 54.4 Å². The van der Waals surface area contributed by atoms with Crippen LogP contribution in [0.15, 0.2) is 54.7 Å². The zero-order chi connectivity index (χ0) is 23.5. The Morgan fingerprint density at radius 3 is 2.53 bits per heavy atom. The van der Waals surface area contributed by atoms with E-state index in [0.29, 0.717) is 17.4 Å². The quantitative estimate of drug-likeness (QED) is 0.560. The Balaban J connectivity index is 1.17. The van der Waals surface area contributed by atoms with Crippen molar-refractivity contribution in [1.82, 2.24) is 10.3 Å². The van der Waals surface area contributed by atoms with E-state index in [0.717, 1.165) is 68.6 Å².